The molecule has 0 unspecified atom stereocenters. The van der Waals surface area contributed by atoms with Gasteiger partial charge in [0.2, 0.25) is 0 Å². The summed E-state index contributed by atoms with van der Waals surface area (Å²) in [6, 6.07) is 13.5. The van der Waals surface area contributed by atoms with Gasteiger partial charge in [-0.1, -0.05) is 28.1 Å². The lowest BCUT2D eigenvalue weighted by Crippen LogP contribution is -2.22. The van der Waals surface area contributed by atoms with E-state index in [2.05, 4.69) is 21.2 Å². The van der Waals surface area contributed by atoms with E-state index in [9.17, 15) is 9.59 Å². The van der Waals surface area contributed by atoms with Crippen LogP contribution >= 0.6 is 15.9 Å². The van der Waals surface area contributed by atoms with Crippen LogP contribution in [-0.2, 0) is 6.54 Å². The molecule has 0 bridgehead atoms. The molecule has 0 heterocycles. The van der Waals surface area contributed by atoms with Crippen LogP contribution < -0.4 is 5.32 Å². The van der Waals surface area contributed by atoms with Crippen LogP contribution in [0.15, 0.2) is 53.0 Å². The second-order valence-corrected chi connectivity index (χ2v) is 5.11. The highest BCUT2D eigenvalue weighted by atomic mass is 79.9. The number of benzene rings is 2. The molecule has 0 radical (unpaired) electrons. The molecule has 4 nitrogen and oxygen atoms in total. The minimum Gasteiger partial charge on any atom is -0.478 e. The van der Waals surface area contributed by atoms with Gasteiger partial charge in [-0.3, -0.25) is 4.79 Å². The van der Waals surface area contributed by atoms with E-state index in [1.54, 1.807) is 0 Å². The third-order valence-electron chi connectivity index (χ3n) is 2.74. The summed E-state index contributed by atoms with van der Waals surface area (Å²) >= 11 is 3.37. The van der Waals surface area contributed by atoms with Gasteiger partial charge in [-0.25, -0.2) is 4.79 Å². The molecule has 0 saturated heterocycles. The Hall–Kier alpha value is -2.14. The van der Waals surface area contributed by atoms with Gasteiger partial charge < -0.3 is 10.4 Å². The van der Waals surface area contributed by atoms with Gasteiger partial charge in [0.05, 0.1) is 5.56 Å². The first-order valence-corrected chi connectivity index (χ1v) is 6.71. The standard InChI is InChI=1S/C15H12BrNO3/c16-13-3-1-2-10(8-13)9-17-14(18)11-4-6-12(7-5-11)15(19)20/h1-8H,9H2,(H,17,18)(H,19,20). The van der Waals surface area contributed by atoms with Gasteiger partial charge >= 0.3 is 5.97 Å². The molecule has 0 aliphatic rings. The highest BCUT2D eigenvalue weighted by Gasteiger charge is 2.07. The average molecular weight is 334 g/mol. The van der Waals surface area contributed by atoms with E-state index in [-0.39, 0.29) is 11.5 Å². The molecule has 2 aromatic rings. The number of amides is 1. The maximum atomic E-state index is 11.9. The monoisotopic (exact) mass is 333 g/mol. The Labute approximate surface area is 124 Å². The summed E-state index contributed by atoms with van der Waals surface area (Å²) in [5.41, 5.74) is 1.58. The van der Waals surface area contributed by atoms with Crippen LogP contribution in [-0.4, -0.2) is 17.0 Å². The van der Waals surface area contributed by atoms with Gasteiger partial charge in [-0.2, -0.15) is 0 Å². The minimum absolute atomic E-state index is 0.161. The second kappa shape index (κ2) is 6.34. The normalized spacial score (nSPS) is 10.1. The summed E-state index contributed by atoms with van der Waals surface area (Å²) in [5.74, 6) is -1.24. The molecule has 2 N–H and O–H groups in total. The van der Waals surface area contributed by atoms with Crippen molar-refractivity contribution in [2.24, 2.45) is 0 Å². The Bertz CT molecular complexity index is 638. The van der Waals surface area contributed by atoms with Gasteiger partial charge in [-0.15, -0.1) is 0 Å². The Morgan fingerprint density at radius 3 is 2.30 bits per heavy atom. The zero-order valence-corrected chi connectivity index (χ0v) is 12.1. The van der Waals surface area contributed by atoms with E-state index in [0.717, 1.165) is 10.0 Å². The Balaban J connectivity index is 1.99. The van der Waals surface area contributed by atoms with Crippen molar-refractivity contribution >= 4 is 27.8 Å². The lowest BCUT2D eigenvalue weighted by molar-refractivity contribution is 0.0696. The summed E-state index contributed by atoms with van der Waals surface area (Å²) in [4.78, 5) is 22.6. The van der Waals surface area contributed by atoms with Gasteiger partial charge in [-0.05, 0) is 42.0 Å². The summed E-state index contributed by atoms with van der Waals surface area (Å²) in [6.07, 6.45) is 0. The third kappa shape index (κ3) is 3.68. The summed E-state index contributed by atoms with van der Waals surface area (Å²) in [5, 5.41) is 11.6. The van der Waals surface area contributed by atoms with Crippen molar-refractivity contribution in [2.75, 3.05) is 0 Å². The summed E-state index contributed by atoms with van der Waals surface area (Å²) in [6.45, 7) is 0.416. The Kier molecular flexibility index (Phi) is 4.53. The van der Waals surface area contributed by atoms with Crippen molar-refractivity contribution in [3.63, 3.8) is 0 Å². The van der Waals surface area contributed by atoms with Crippen LogP contribution in [0, 0.1) is 0 Å². The first-order valence-electron chi connectivity index (χ1n) is 5.92. The molecule has 2 rings (SSSR count). The quantitative estimate of drug-likeness (QED) is 0.903. The third-order valence-corrected chi connectivity index (χ3v) is 3.23. The van der Waals surface area contributed by atoms with E-state index in [0.29, 0.717) is 12.1 Å². The SMILES string of the molecule is O=C(O)c1ccc(C(=O)NCc2cccc(Br)c2)cc1. The number of carboxylic acids is 1. The molecule has 0 fully saturated rings. The highest BCUT2D eigenvalue weighted by molar-refractivity contribution is 9.10. The van der Waals surface area contributed by atoms with Gasteiger partial charge in [0, 0.05) is 16.6 Å². The molecule has 0 spiro atoms. The number of halogens is 1. The first-order chi connectivity index (χ1) is 9.56. The molecule has 1 amide bonds. The van der Waals surface area contributed by atoms with Crippen molar-refractivity contribution in [3.8, 4) is 0 Å². The van der Waals surface area contributed by atoms with E-state index >= 15 is 0 Å². The van der Waals surface area contributed by atoms with Crippen LogP contribution in [0.4, 0.5) is 0 Å². The van der Waals surface area contributed by atoms with Crippen LogP contribution in [0.3, 0.4) is 0 Å². The number of aromatic carboxylic acids is 1. The molecule has 0 saturated carbocycles. The van der Waals surface area contributed by atoms with Crippen LogP contribution in [0.1, 0.15) is 26.3 Å². The molecule has 20 heavy (non-hydrogen) atoms. The number of nitrogens with one attached hydrogen (secondary N) is 1. The van der Waals surface area contributed by atoms with E-state index in [4.69, 9.17) is 5.11 Å². The van der Waals surface area contributed by atoms with Crippen molar-refractivity contribution in [1.29, 1.82) is 0 Å². The van der Waals surface area contributed by atoms with Crippen LogP contribution in [0.5, 0.6) is 0 Å². The number of carbonyl (C=O) groups is 2. The average Bonchev–Trinajstić information content (AvgIpc) is 2.45. The number of hydrogen-bond acceptors (Lipinski definition) is 2. The predicted octanol–water partition coefficient (Wildman–Crippen LogP) is 3.08. The van der Waals surface area contributed by atoms with Crippen molar-refractivity contribution in [2.45, 2.75) is 6.54 Å². The summed E-state index contributed by atoms with van der Waals surface area (Å²) in [7, 11) is 0. The first kappa shape index (κ1) is 14.3. The fourth-order valence-electron chi connectivity index (χ4n) is 1.70. The molecule has 0 aromatic heterocycles. The van der Waals surface area contributed by atoms with Gasteiger partial charge in [0.15, 0.2) is 0 Å². The van der Waals surface area contributed by atoms with Gasteiger partial charge in [0.25, 0.3) is 5.91 Å². The van der Waals surface area contributed by atoms with Crippen molar-refractivity contribution < 1.29 is 14.7 Å². The predicted molar refractivity (Wildman–Crippen MR) is 78.7 cm³/mol. The maximum absolute atomic E-state index is 11.9. The molecule has 0 atom stereocenters. The number of carbonyl (C=O) groups excluding carboxylic acids is 1. The van der Waals surface area contributed by atoms with E-state index < -0.39 is 5.97 Å². The molecule has 0 aliphatic heterocycles. The molecule has 5 heteroatoms. The van der Waals surface area contributed by atoms with Crippen molar-refractivity contribution in [3.05, 3.63) is 69.7 Å². The topological polar surface area (TPSA) is 66.4 Å². The number of rotatable bonds is 4. The zero-order chi connectivity index (χ0) is 14.5. The minimum atomic E-state index is -1.01. The lowest BCUT2D eigenvalue weighted by Gasteiger charge is -2.06. The number of hydrogen-bond donors (Lipinski definition) is 2. The molecule has 0 aliphatic carbocycles. The molecular weight excluding hydrogens is 322 g/mol. The summed E-state index contributed by atoms with van der Waals surface area (Å²) < 4.78 is 0.954. The van der Waals surface area contributed by atoms with Crippen LogP contribution in [0.2, 0.25) is 0 Å². The molecular formula is C15H12BrNO3. The van der Waals surface area contributed by atoms with Crippen LogP contribution in [0.25, 0.3) is 0 Å². The Morgan fingerprint density at radius 2 is 1.70 bits per heavy atom. The highest BCUT2D eigenvalue weighted by Crippen LogP contribution is 2.11. The smallest absolute Gasteiger partial charge is 0.335 e. The largest absolute Gasteiger partial charge is 0.478 e. The zero-order valence-electron chi connectivity index (χ0n) is 10.5. The molecule has 102 valence electrons. The maximum Gasteiger partial charge on any atom is 0.335 e. The Morgan fingerprint density at radius 1 is 1.05 bits per heavy atom. The van der Waals surface area contributed by atoms with Crippen molar-refractivity contribution in [1.82, 2.24) is 5.32 Å². The fourth-order valence-corrected chi connectivity index (χ4v) is 2.14. The lowest BCUT2D eigenvalue weighted by atomic mass is 10.1. The number of carboxylic acid groups (broad SMARTS) is 1. The molecule has 2 aromatic carbocycles. The van der Waals surface area contributed by atoms with Gasteiger partial charge in [0.1, 0.15) is 0 Å². The van der Waals surface area contributed by atoms with E-state index in [1.807, 2.05) is 24.3 Å². The van der Waals surface area contributed by atoms with E-state index in [1.165, 1.54) is 24.3 Å². The second-order valence-electron chi connectivity index (χ2n) is 4.20. The fraction of sp³-hybridized carbons (Fsp3) is 0.0667.